The molecule has 2 aromatic heterocycles. The molecule has 9 nitrogen and oxygen atoms in total. The van der Waals surface area contributed by atoms with Gasteiger partial charge in [-0.1, -0.05) is 22.5 Å². The standard InChI is InChI=1S/C16H20N6O3/c23-16(11-3-1-2-4-11)20-8-7-12(10-20)18-13-5-6-14-17-9-15(22(24)25)21(14)19-13/h5-6,9,11-12H,1-4,7-8,10H2,(H,18,19). The van der Waals surface area contributed by atoms with Crippen molar-refractivity contribution >= 4 is 23.2 Å². The van der Waals surface area contributed by atoms with Gasteiger partial charge < -0.3 is 20.3 Å². The molecule has 1 N–H and O–H groups in total. The molecule has 2 aliphatic rings. The molecular weight excluding hydrogens is 324 g/mol. The Morgan fingerprint density at radius 1 is 1.28 bits per heavy atom. The lowest BCUT2D eigenvalue weighted by Gasteiger charge is -2.20. The van der Waals surface area contributed by atoms with E-state index in [4.69, 9.17) is 0 Å². The summed E-state index contributed by atoms with van der Waals surface area (Å²) < 4.78 is 1.22. The average molecular weight is 344 g/mol. The molecule has 1 atom stereocenters. The third-order valence-corrected chi connectivity index (χ3v) is 5.09. The maximum absolute atomic E-state index is 12.5. The second-order valence-corrected chi connectivity index (χ2v) is 6.76. The Balaban J connectivity index is 1.44. The smallest absolute Gasteiger partial charge is 0.362 e. The lowest BCUT2D eigenvalue weighted by molar-refractivity contribution is -0.391. The molecule has 2 fully saturated rings. The van der Waals surface area contributed by atoms with Crippen molar-refractivity contribution in [2.24, 2.45) is 5.92 Å². The zero-order valence-electron chi connectivity index (χ0n) is 13.8. The third kappa shape index (κ3) is 3.01. The number of hydrogen-bond acceptors (Lipinski definition) is 6. The molecule has 4 rings (SSSR count). The molecule has 132 valence electrons. The molecule has 9 heteroatoms. The lowest BCUT2D eigenvalue weighted by Crippen LogP contribution is -2.35. The number of imidazole rings is 1. The zero-order valence-corrected chi connectivity index (χ0v) is 13.8. The number of carbonyl (C=O) groups excluding carboxylic acids is 1. The van der Waals surface area contributed by atoms with Crippen LogP contribution in [0.5, 0.6) is 0 Å². The van der Waals surface area contributed by atoms with E-state index in [9.17, 15) is 14.9 Å². The summed E-state index contributed by atoms with van der Waals surface area (Å²) in [7, 11) is 0. The monoisotopic (exact) mass is 344 g/mol. The summed E-state index contributed by atoms with van der Waals surface area (Å²) in [6.07, 6.45) is 6.37. The molecule has 2 aromatic rings. The summed E-state index contributed by atoms with van der Waals surface area (Å²) in [5, 5.41) is 18.6. The van der Waals surface area contributed by atoms with Crippen LogP contribution in [0.3, 0.4) is 0 Å². The summed E-state index contributed by atoms with van der Waals surface area (Å²) in [4.78, 5) is 28.9. The van der Waals surface area contributed by atoms with Crippen molar-refractivity contribution in [1.29, 1.82) is 0 Å². The summed E-state index contributed by atoms with van der Waals surface area (Å²) >= 11 is 0. The molecule has 0 radical (unpaired) electrons. The van der Waals surface area contributed by atoms with E-state index in [0.717, 1.165) is 38.6 Å². The molecule has 0 spiro atoms. The van der Waals surface area contributed by atoms with Crippen molar-refractivity contribution in [3.63, 3.8) is 0 Å². The van der Waals surface area contributed by atoms with Crippen LogP contribution < -0.4 is 5.32 Å². The van der Waals surface area contributed by atoms with Crippen LogP contribution in [-0.4, -0.2) is 49.5 Å². The Hall–Kier alpha value is -2.71. The largest absolute Gasteiger partial charge is 0.368 e. The van der Waals surface area contributed by atoms with Crippen molar-refractivity contribution < 1.29 is 9.72 Å². The number of likely N-dealkylation sites (tertiary alicyclic amines) is 1. The Morgan fingerprint density at radius 3 is 2.84 bits per heavy atom. The van der Waals surface area contributed by atoms with Gasteiger partial charge in [-0.05, 0) is 30.3 Å². The number of nitrogens with one attached hydrogen (secondary N) is 1. The topological polar surface area (TPSA) is 106 Å². The van der Waals surface area contributed by atoms with Gasteiger partial charge in [-0.3, -0.25) is 4.79 Å². The number of amides is 1. The summed E-state index contributed by atoms with van der Waals surface area (Å²) in [5.74, 6) is 0.856. The number of nitro groups is 1. The molecule has 1 saturated heterocycles. The Labute approximate surface area is 144 Å². The highest BCUT2D eigenvalue weighted by Gasteiger charge is 2.32. The molecule has 25 heavy (non-hydrogen) atoms. The highest BCUT2D eigenvalue weighted by molar-refractivity contribution is 5.79. The van der Waals surface area contributed by atoms with Crippen LogP contribution in [0.25, 0.3) is 5.65 Å². The third-order valence-electron chi connectivity index (χ3n) is 5.09. The number of hydrogen-bond donors (Lipinski definition) is 1. The van der Waals surface area contributed by atoms with E-state index < -0.39 is 4.92 Å². The van der Waals surface area contributed by atoms with Gasteiger partial charge in [0.1, 0.15) is 6.20 Å². The number of carbonyl (C=O) groups is 1. The fourth-order valence-electron chi connectivity index (χ4n) is 3.78. The minimum absolute atomic E-state index is 0.109. The summed E-state index contributed by atoms with van der Waals surface area (Å²) in [6.45, 7) is 1.40. The van der Waals surface area contributed by atoms with E-state index in [1.165, 1.54) is 10.7 Å². The van der Waals surface area contributed by atoms with E-state index >= 15 is 0 Å². The number of anilines is 1. The number of nitrogens with zero attached hydrogens (tertiary/aromatic N) is 5. The first kappa shape index (κ1) is 15.8. The zero-order chi connectivity index (χ0) is 17.4. The second kappa shape index (κ2) is 6.30. The summed E-state index contributed by atoms with van der Waals surface area (Å²) in [6, 6.07) is 3.56. The quantitative estimate of drug-likeness (QED) is 0.670. The number of rotatable bonds is 4. The first-order valence-corrected chi connectivity index (χ1v) is 8.66. The van der Waals surface area contributed by atoms with Gasteiger partial charge in [0.2, 0.25) is 11.6 Å². The van der Waals surface area contributed by atoms with Crippen LogP contribution in [-0.2, 0) is 4.79 Å². The van der Waals surface area contributed by atoms with Gasteiger partial charge in [-0.25, -0.2) is 4.98 Å². The van der Waals surface area contributed by atoms with Gasteiger partial charge >= 0.3 is 5.82 Å². The Bertz CT molecular complexity index is 813. The van der Waals surface area contributed by atoms with Crippen LogP contribution in [0.1, 0.15) is 32.1 Å². The van der Waals surface area contributed by atoms with Crippen LogP contribution >= 0.6 is 0 Å². The van der Waals surface area contributed by atoms with E-state index in [1.54, 1.807) is 12.1 Å². The SMILES string of the molecule is O=C(C1CCCC1)N1CCC(Nc2ccc3ncc([N+](=O)[O-])n3n2)C1. The lowest BCUT2D eigenvalue weighted by atomic mass is 10.1. The van der Waals surface area contributed by atoms with Crippen molar-refractivity contribution in [1.82, 2.24) is 19.5 Å². The first-order valence-electron chi connectivity index (χ1n) is 8.66. The number of aromatic nitrogens is 3. The normalized spacial score (nSPS) is 21.1. The van der Waals surface area contributed by atoms with Crippen LogP contribution in [0.4, 0.5) is 11.6 Å². The Kier molecular flexibility index (Phi) is 3.98. The van der Waals surface area contributed by atoms with Gasteiger partial charge in [0.15, 0.2) is 5.82 Å². The first-order chi connectivity index (χ1) is 12.1. The molecule has 1 aliphatic carbocycles. The molecule has 3 heterocycles. The minimum atomic E-state index is -0.506. The molecular formula is C16H20N6O3. The fraction of sp³-hybridized carbons (Fsp3) is 0.562. The van der Waals surface area contributed by atoms with E-state index in [2.05, 4.69) is 15.4 Å². The number of fused-ring (bicyclic) bond motifs is 1. The van der Waals surface area contributed by atoms with Crippen LogP contribution in [0, 0.1) is 16.0 Å². The van der Waals surface area contributed by atoms with E-state index in [0.29, 0.717) is 18.0 Å². The maximum atomic E-state index is 12.5. The Morgan fingerprint density at radius 2 is 2.08 bits per heavy atom. The van der Waals surface area contributed by atoms with Crippen molar-refractivity contribution in [2.75, 3.05) is 18.4 Å². The highest BCUT2D eigenvalue weighted by atomic mass is 16.6. The van der Waals surface area contributed by atoms with Gasteiger partial charge in [0.25, 0.3) is 0 Å². The average Bonchev–Trinajstić information content (AvgIpc) is 3.34. The maximum Gasteiger partial charge on any atom is 0.368 e. The predicted octanol–water partition coefficient (Wildman–Crippen LogP) is 1.84. The minimum Gasteiger partial charge on any atom is -0.362 e. The van der Waals surface area contributed by atoms with E-state index in [-0.39, 0.29) is 23.7 Å². The van der Waals surface area contributed by atoms with Crippen molar-refractivity contribution in [3.05, 3.63) is 28.4 Å². The highest BCUT2D eigenvalue weighted by Crippen LogP contribution is 2.28. The predicted molar refractivity (Wildman–Crippen MR) is 90.2 cm³/mol. The van der Waals surface area contributed by atoms with Crippen LogP contribution in [0.15, 0.2) is 18.3 Å². The molecule has 1 amide bonds. The van der Waals surface area contributed by atoms with E-state index in [1.807, 2.05) is 4.90 Å². The van der Waals surface area contributed by atoms with Gasteiger partial charge in [0.05, 0.1) is 0 Å². The molecule has 0 bridgehead atoms. The molecule has 1 saturated carbocycles. The fourth-order valence-corrected chi connectivity index (χ4v) is 3.78. The molecule has 1 aliphatic heterocycles. The van der Waals surface area contributed by atoms with Crippen molar-refractivity contribution in [3.8, 4) is 0 Å². The van der Waals surface area contributed by atoms with Crippen molar-refractivity contribution in [2.45, 2.75) is 38.1 Å². The van der Waals surface area contributed by atoms with Gasteiger partial charge in [-0.15, -0.1) is 0 Å². The molecule has 1 unspecified atom stereocenters. The summed E-state index contributed by atoms with van der Waals surface area (Å²) in [5.41, 5.74) is 0.432. The van der Waals surface area contributed by atoms with Crippen LogP contribution in [0.2, 0.25) is 0 Å². The second-order valence-electron chi connectivity index (χ2n) is 6.76. The van der Waals surface area contributed by atoms with Gasteiger partial charge in [-0.2, -0.15) is 0 Å². The molecule has 0 aromatic carbocycles. The van der Waals surface area contributed by atoms with Gasteiger partial charge in [0, 0.05) is 31.1 Å².